The summed E-state index contributed by atoms with van der Waals surface area (Å²) in [5, 5.41) is 0.212. The second kappa shape index (κ2) is 5.54. The van der Waals surface area contributed by atoms with Crippen molar-refractivity contribution in [3.8, 4) is 0 Å². The Morgan fingerprint density at radius 1 is 1.25 bits per heavy atom. The van der Waals surface area contributed by atoms with Crippen LogP contribution in [-0.4, -0.2) is 14.0 Å². The molecular formula is C14H21ClN2O2S. The van der Waals surface area contributed by atoms with E-state index < -0.39 is 10.0 Å². The molecule has 1 aromatic rings. The van der Waals surface area contributed by atoms with E-state index >= 15 is 0 Å². The fourth-order valence-corrected chi connectivity index (χ4v) is 4.77. The van der Waals surface area contributed by atoms with Crippen LogP contribution in [0.2, 0.25) is 5.02 Å². The van der Waals surface area contributed by atoms with Crippen LogP contribution in [0.4, 0.5) is 5.69 Å². The SMILES string of the molecule is Cc1cc(Cl)c(S(=O)(=O)NC2(C)CCCCC2)cc1N. The highest BCUT2D eigenvalue weighted by Crippen LogP contribution is 2.32. The van der Waals surface area contributed by atoms with Crippen LogP contribution in [0.1, 0.15) is 44.6 Å². The van der Waals surface area contributed by atoms with Crippen LogP contribution in [0.5, 0.6) is 0 Å². The van der Waals surface area contributed by atoms with Crippen LogP contribution in [0.3, 0.4) is 0 Å². The van der Waals surface area contributed by atoms with Gasteiger partial charge in [0.2, 0.25) is 10.0 Å². The molecule has 1 fully saturated rings. The van der Waals surface area contributed by atoms with Gasteiger partial charge in [-0.1, -0.05) is 30.9 Å². The maximum atomic E-state index is 12.5. The third-order valence-corrected chi connectivity index (χ3v) is 6.05. The highest BCUT2D eigenvalue weighted by Gasteiger charge is 2.33. The molecule has 0 radical (unpaired) electrons. The summed E-state index contributed by atoms with van der Waals surface area (Å²) in [6.07, 6.45) is 4.96. The van der Waals surface area contributed by atoms with Crippen LogP contribution >= 0.6 is 11.6 Å². The highest BCUT2D eigenvalue weighted by atomic mass is 35.5. The van der Waals surface area contributed by atoms with Crippen molar-refractivity contribution in [2.45, 2.75) is 56.4 Å². The lowest BCUT2D eigenvalue weighted by Crippen LogP contribution is -2.47. The molecule has 0 atom stereocenters. The number of nitrogen functional groups attached to an aromatic ring is 1. The summed E-state index contributed by atoms with van der Waals surface area (Å²) in [6, 6.07) is 3.03. The minimum absolute atomic E-state index is 0.0639. The third-order valence-electron chi connectivity index (χ3n) is 3.95. The van der Waals surface area contributed by atoms with E-state index in [1.54, 1.807) is 13.0 Å². The largest absolute Gasteiger partial charge is 0.398 e. The smallest absolute Gasteiger partial charge is 0.242 e. The van der Waals surface area contributed by atoms with Gasteiger partial charge in [0.1, 0.15) is 4.90 Å². The van der Waals surface area contributed by atoms with E-state index in [0.29, 0.717) is 5.69 Å². The standard InChI is InChI=1S/C14H21ClN2O2S/c1-10-8-11(15)13(9-12(10)16)20(18,19)17-14(2)6-4-3-5-7-14/h8-9,17H,3-7,16H2,1-2H3. The third kappa shape index (κ3) is 3.27. The Labute approximate surface area is 125 Å². The molecule has 2 rings (SSSR count). The number of benzene rings is 1. The van der Waals surface area contributed by atoms with Gasteiger partial charge in [0.25, 0.3) is 0 Å². The van der Waals surface area contributed by atoms with Crippen LogP contribution < -0.4 is 10.5 Å². The molecule has 0 amide bonds. The Morgan fingerprint density at radius 2 is 1.85 bits per heavy atom. The monoisotopic (exact) mass is 316 g/mol. The van der Waals surface area contributed by atoms with E-state index in [-0.39, 0.29) is 15.5 Å². The van der Waals surface area contributed by atoms with Gasteiger partial charge in [-0.3, -0.25) is 0 Å². The molecule has 0 bridgehead atoms. The van der Waals surface area contributed by atoms with Gasteiger partial charge in [-0.25, -0.2) is 13.1 Å². The van der Waals surface area contributed by atoms with Gasteiger partial charge in [-0.2, -0.15) is 0 Å². The summed E-state index contributed by atoms with van der Waals surface area (Å²) in [7, 11) is -3.65. The minimum Gasteiger partial charge on any atom is -0.398 e. The lowest BCUT2D eigenvalue weighted by atomic mass is 9.84. The number of sulfonamides is 1. The Bertz CT molecular complexity index is 608. The summed E-state index contributed by atoms with van der Waals surface area (Å²) in [6.45, 7) is 3.75. The van der Waals surface area contributed by atoms with E-state index in [2.05, 4.69) is 4.72 Å². The molecule has 0 aromatic heterocycles. The quantitative estimate of drug-likeness (QED) is 0.841. The normalized spacial score (nSPS) is 18.9. The second-order valence-electron chi connectivity index (χ2n) is 5.87. The molecule has 3 N–H and O–H groups in total. The summed E-state index contributed by atoms with van der Waals surface area (Å²) in [5.74, 6) is 0. The molecule has 112 valence electrons. The van der Waals surface area contributed by atoms with Crippen LogP contribution in [0.15, 0.2) is 17.0 Å². The van der Waals surface area contributed by atoms with E-state index in [1.165, 1.54) is 6.07 Å². The molecule has 6 heteroatoms. The van der Waals surface area contributed by atoms with Gasteiger partial charge in [-0.05, 0) is 44.4 Å². The number of hydrogen-bond donors (Lipinski definition) is 2. The fourth-order valence-electron chi connectivity index (χ4n) is 2.69. The van der Waals surface area contributed by atoms with E-state index in [4.69, 9.17) is 17.3 Å². The fraction of sp³-hybridized carbons (Fsp3) is 0.571. The average Bonchev–Trinajstić information content (AvgIpc) is 2.33. The lowest BCUT2D eigenvalue weighted by Gasteiger charge is -2.34. The van der Waals surface area contributed by atoms with Crippen LogP contribution in [-0.2, 0) is 10.0 Å². The van der Waals surface area contributed by atoms with Gasteiger partial charge >= 0.3 is 0 Å². The molecule has 0 heterocycles. The molecule has 1 aliphatic rings. The van der Waals surface area contributed by atoms with E-state index in [0.717, 1.165) is 37.7 Å². The number of hydrogen-bond acceptors (Lipinski definition) is 3. The van der Waals surface area contributed by atoms with Crippen molar-refractivity contribution in [2.75, 3.05) is 5.73 Å². The Morgan fingerprint density at radius 3 is 2.45 bits per heavy atom. The zero-order chi connectivity index (χ0) is 15.0. The maximum Gasteiger partial charge on any atom is 0.242 e. The number of aryl methyl sites for hydroxylation is 1. The second-order valence-corrected chi connectivity index (χ2v) is 7.92. The lowest BCUT2D eigenvalue weighted by molar-refractivity contribution is 0.294. The van der Waals surface area contributed by atoms with Crippen molar-refractivity contribution in [2.24, 2.45) is 0 Å². The van der Waals surface area contributed by atoms with Crippen LogP contribution in [0, 0.1) is 6.92 Å². The van der Waals surface area contributed by atoms with Gasteiger partial charge in [0.15, 0.2) is 0 Å². The summed E-state index contributed by atoms with van der Waals surface area (Å²) >= 11 is 6.07. The van der Waals surface area contributed by atoms with Gasteiger partial charge in [0, 0.05) is 11.2 Å². The van der Waals surface area contributed by atoms with Crippen LogP contribution in [0.25, 0.3) is 0 Å². The molecule has 1 saturated carbocycles. The molecule has 0 saturated heterocycles. The Hall–Kier alpha value is -0.780. The molecule has 1 aromatic carbocycles. The van der Waals surface area contributed by atoms with Crippen molar-refractivity contribution >= 4 is 27.3 Å². The minimum atomic E-state index is -3.65. The zero-order valence-corrected chi connectivity index (χ0v) is 13.4. The predicted octanol–water partition coefficient (Wildman–Crippen LogP) is 3.23. The van der Waals surface area contributed by atoms with Crippen molar-refractivity contribution in [3.05, 3.63) is 22.7 Å². The first kappa shape index (κ1) is 15.6. The first-order valence-corrected chi connectivity index (χ1v) is 8.69. The van der Waals surface area contributed by atoms with Crippen molar-refractivity contribution in [1.29, 1.82) is 0 Å². The maximum absolute atomic E-state index is 12.5. The summed E-state index contributed by atoms with van der Waals surface area (Å²) in [4.78, 5) is 0.0639. The summed E-state index contributed by atoms with van der Waals surface area (Å²) < 4.78 is 27.9. The first-order valence-electron chi connectivity index (χ1n) is 6.83. The summed E-state index contributed by atoms with van der Waals surface area (Å²) in [5.41, 5.74) is 6.62. The van der Waals surface area contributed by atoms with Crippen molar-refractivity contribution in [3.63, 3.8) is 0 Å². The predicted molar refractivity (Wildman–Crippen MR) is 82.4 cm³/mol. The Kier molecular flexibility index (Phi) is 4.33. The topological polar surface area (TPSA) is 72.2 Å². The molecule has 0 aliphatic heterocycles. The van der Waals surface area contributed by atoms with Gasteiger partial charge in [-0.15, -0.1) is 0 Å². The average molecular weight is 317 g/mol. The molecular weight excluding hydrogens is 296 g/mol. The molecule has 4 nitrogen and oxygen atoms in total. The van der Waals surface area contributed by atoms with Crippen molar-refractivity contribution < 1.29 is 8.42 Å². The van der Waals surface area contributed by atoms with E-state index in [1.807, 2.05) is 6.92 Å². The van der Waals surface area contributed by atoms with Gasteiger partial charge < -0.3 is 5.73 Å². The van der Waals surface area contributed by atoms with Gasteiger partial charge in [0.05, 0.1) is 5.02 Å². The number of halogens is 1. The molecule has 0 unspecified atom stereocenters. The molecule has 0 spiro atoms. The number of anilines is 1. The number of nitrogens with one attached hydrogen (secondary N) is 1. The first-order chi connectivity index (χ1) is 9.23. The molecule has 20 heavy (non-hydrogen) atoms. The number of nitrogens with two attached hydrogens (primary N) is 1. The zero-order valence-electron chi connectivity index (χ0n) is 11.9. The van der Waals surface area contributed by atoms with Crippen molar-refractivity contribution in [1.82, 2.24) is 4.72 Å². The number of rotatable bonds is 3. The highest BCUT2D eigenvalue weighted by molar-refractivity contribution is 7.89. The Balaban J connectivity index is 2.33. The van der Waals surface area contributed by atoms with E-state index in [9.17, 15) is 8.42 Å². The molecule has 1 aliphatic carbocycles.